The topological polar surface area (TPSA) is 175 Å². The van der Waals surface area contributed by atoms with Crippen LogP contribution in [0.1, 0.15) is 219 Å². The summed E-state index contributed by atoms with van der Waals surface area (Å²) < 4.78 is 16.6. The smallest absolute Gasteiger partial charge is 0.305 e. The van der Waals surface area contributed by atoms with Gasteiger partial charge in [0.1, 0.15) is 24.4 Å². The predicted molar refractivity (Wildman–Crippen MR) is 246 cm³/mol. The number of rotatable bonds is 42. The molecule has 11 nitrogen and oxygen atoms in total. The summed E-state index contributed by atoms with van der Waals surface area (Å²) in [6, 6.07) is -0.836. The Labute approximate surface area is 371 Å². The number of aliphatic hydroxyl groups excluding tert-OH is 5. The van der Waals surface area contributed by atoms with Crippen molar-refractivity contribution in [3.63, 3.8) is 0 Å². The molecule has 1 aliphatic heterocycles. The van der Waals surface area contributed by atoms with Crippen molar-refractivity contribution < 1.29 is 49.3 Å². The molecule has 7 unspecified atom stereocenters. The van der Waals surface area contributed by atoms with E-state index in [-0.39, 0.29) is 18.5 Å². The molecule has 0 aliphatic carbocycles. The van der Waals surface area contributed by atoms with Gasteiger partial charge in [-0.3, -0.25) is 9.59 Å². The van der Waals surface area contributed by atoms with Crippen LogP contribution in [0.4, 0.5) is 0 Å². The molecule has 0 bridgehead atoms. The van der Waals surface area contributed by atoms with Crippen LogP contribution in [0.3, 0.4) is 0 Å². The molecule has 358 valence electrons. The highest BCUT2D eigenvalue weighted by atomic mass is 16.7. The van der Waals surface area contributed by atoms with Crippen LogP contribution in [0, 0.1) is 0 Å². The van der Waals surface area contributed by atoms with Gasteiger partial charge >= 0.3 is 5.97 Å². The minimum atomic E-state index is -1.58. The van der Waals surface area contributed by atoms with E-state index in [1.807, 2.05) is 6.08 Å². The number of hydrogen-bond donors (Lipinski definition) is 6. The molecule has 0 aromatic carbocycles. The second-order valence-electron chi connectivity index (χ2n) is 17.5. The minimum Gasteiger partial charge on any atom is -0.466 e. The molecule has 0 radical (unpaired) electrons. The molecule has 0 aromatic rings. The molecule has 1 amide bonds. The molecule has 0 spiro atoms. The Morgan fingerprint density at radius 3 is 1.62 bits per heavy atom. The zero-order valence-electron chi connectivity index (χ0n) is 38.9. The second kappa shape index (κ2) is 40.9. The van der Waals surface area contributed by atoms with Gasteiger partial charge in [0.05, 0.1) is 32.0 Å². The maximum absolute atomic E-state index is 12.9. The first-order valence-corrected chi connectivity index (χ1v) is 25.1. The fraction of sp³-hybridized carbons (Fsp3) is 0.880. The summed E-state index contributed by atoms with van der Waals surface area (Å²) in [4.78, 5) is 25.0. The molecule has 0 saturated carbocycles. The van der Waals surface area contributed by atoms with Gasteiger partial charge in [-0.2, -0.15) is 0 Å². The highest BCUT2D eigenvalue weighted by Gasteiger charge is 2.44. The zero-order valence-corrected chi connectivity index (χ0v) is 38.9. The third kappa shape index (κ3) is 31.6. The van der Waals surface area contributed by atoms with Crippen molar-refractivity contribution in [1.29, 1.82) is 0 Å². The molecule has 61 heavy (non-hydrogen) atoms. The molecular weight excluding hydrogens is 775 g/mol. The molecule has 1 rings (SSSR count). The lowest BCUT2D eigenvalue weighted by Gasteiger charge is -2.40. The van der Waals surface area contributed by atoms with E-state index in [0.29, 0.717) is 19.4 Å². The van der Waals surface area contributed by atoms with Crippen molar-refractivity contribution in [3.05, 3.63) is 24.3 Å². The molecule has 1 heterocycles. The average molecular weight is 868 g/mol. The lowest BCUT2D eigenvalue weighted by molar-refractivity contribution is -0.302. The first-order chi connectivity index (χ1) is 29.7. The van der Waals surface area contributed by atoms with E-state index < -0.39 is 49.5 Å². The molecule has 1 saturated heterocycles. The second-order valence-corrected chi connectivity index (χ2v) is 17.5. The number of aliphatic hydroxyl groups is 5. The van der Waals surface area contributed by atoms with Gasteiger partial charge in [-0.05, 0) is 44.9 Å². The van der Waals surface area contributed by atoms with Gasteiger partial charge in [-0.25, -0.2) is 0 Å². The van der Waals surface area contributed by atoms with Crippen LogP contribution in [0.5, 0.6) is 0 Å². The number of carbonyl (C=O) groups excluding carboxylic acids is 2. The van der Waals surface area contributed by atoms with Crippen LogP contribution in [-0.2, 0) is 23.8 Å². The molecule has 6 N–H and O–H groups in total. The normalized spacial score (nSPS) is 20.4. The quantitative estimate of drug-likeness (QED) is 0.0197. The van der Waals surface area contributed by atoms with Crippen molar-refractivity contribution in [2.75, 3.05) is 19.8 Å². The van der Waals surface area contributed by atoms with E-state index in [0.717, 1.165) is 70.6 Å². The lowest BCUT2D eigenvalue weighted by atomic mass is 9.99. The Hall–Kier alpha value is -1.86. The standard InChI is InChI=1S/C50H93NO10/c1-3-5-7-9-11-13-17-22-26-30-34-38-46(55)59-39-35-31-27-23-19-16-15-18-21-25-29-33-37-45(54)51-42(41-60-50-49(58)48(57)47(56)44(40-52)61-50)43(53)36-32-28-24-20-14-12-10-8-6-4-2/h14,20,32,36,42-44,47-50,52-53,56-58H,3-13,15-19,21-31,33-35,37-41H2,1-2H3,(H,51,54)/b20-14+,36-32+. The van der Waals surface area contributed by atoms with Gasteiger partial charge in [0, 0.05) is 12.8 Å². The van der Waals surface area contributed by atoms with Crippen molar-refractivity contribution in [1.82, 2.24) is 5.32 Å². The Bertz CT molecular complexity index is 1070. The fourth-order valence-electron chi connectivity index (χ4n) is 7.74. The van der Waals surface area contributed by atoms with E-state index in [4.69, 9.17) is 14.2 Å². The van der Waals surface area contributed by atoms with Crippen LogP contribution in [0.2, 0.25) is 0 Å². The number of esters is 1. The summed E-state index contributed by atoms with van der Waals surface area (Å²) in [5.74, 6) is -0.245. The largest absolute Gasteiger partial charge is 0.466 e. The number of ether oxygens (including phenoxy) is 3. The monoisotopic (exact) mass is 868 g/mol. The molecule has 0 aromatic heterocycles. The lowest BCUT2D eigenvalue weighted by Crippen LogP contribution is -2.60. The van der Waals surface area contributed by atoms with Crippen molar-refractivity contribution >= 4 is 11.9 Å². The van der Waals surface area contributed by atoms with Gasteiger partial charge in [-0.15, -0.1) is 0 Å². The van der Waals surface area contributed by atoms with Crippen molar-refractivity contribution in [2.24, 2.45) is 0 Å². The highest BCUT2D eigenvalue weighted by molar-refractivity contribution is 5.76. The number of amides is 1. The summed E-state index contributed by atoms with van der Waals surface area (Å²) in [6.07, 6.45) is 35.4. The van der Waals surface area contributed by atoms with E-state index in [1.165, 1.54) is 122 Å². The minimum absolute atomic E-state index is 0.0353. The average Bonchev–Trinajstić information content (AvgIpc) is 3.25. The summed E-state index contributed by atoms with van der Waals surface area (Å²) in [6.45, 7) is 4.22. The van der Waals surface area contributed by atoms with E-state index in [2.05, 4.69) is 31.3 Å². The van der Waals surface area contributed by atoms with Crippen LogP contribution in [-0.4, -0.2) is 100 Å². The third-order valence-corrected chi connectivity index (χ3v) is 11.8. The van der Waals surface area contributed by atoms with Gasteiger partial charge < -0.3 is 45.1 Å². The zero-order chi connectivity index (χ0) is 44.6. The Balaban J connectivity index is 2.18. The summed E-state index contributed by atoms with van der Waals surface area (Å²) >= 11 is 0. The molecule has 7 atom stereocenters. The molecule has 11 heteroatoms. The number of allylic oxidation sites excluding steroid dienone is 3. The van der Waals surface area contributed by atoms with Gasteiger partial charge in [-0.1, -0.05) is 186 Å². The SMILES string of the molecule is CCCCCC/C=C/CC/C=C/C(O)C(COC1OC(CO)C(O)C(O)C1O)NC(=O)CCCCCCCCCCCCCCOC(=O)CCCCCCCCCCCCC. The Morgan fingerprint density at radius 1 is 0.590 bits per heavy atom. The Morgan fingerprint density at radius 2 is 1.07 bits per heavy atom. The van der Waals surface area contributed by atoms with E-state index >= 15 is 0 Å². The summed E-state index contributed by atoms with van der Waals surface area (Å²) in [7, 11) is 0. The molecule has 1 fully saturated rings. The molecule has 1 aliphatic rings. The summed E-state index contributed by atoms with van der Waals surface area (Å²) in [5.41, 5.74) is 0. The van der Waals surface area contributed by atoms with Crippen molar-refractivity contribution in [2.45, 2.75) is 262 Å². The van der Waals surface area contributed by atoms with Crippen molar-refractivity contribution in [3.8, 4) is 0 Å². The van der Waals surface area contributed by atoms with Gasteiger partial charge in [0.25, 0.3) is 0 Å². The van der Waals surface area contributed by atoms with E-state index in [9.17, 15) is 35.1 Å². The maximum Gasteiger partial charge on any atom is 0.305 e. The van der Waals surface area contributed by atoms with Crippen LogP contribution < -0.4 is 5.32 Å². The maximum atomic E-state index is 12.9. The summed E-state index contributed by atoms with van der Waals surface area (Å²) in [5, 5.41) is 54.0. The van der Waals surface area contributed by atoms with Crippen LogP contribution >= 0.6 is 0 Å². The van der Waals surface area contributed by atoms with Gasteiger partial charge in [0.2, 0.25) is 5.91 Å². The third-order valence-electron chi connectivity index (χ3n) is 11.8. The Kier molecular flexibility index (Phi) is 38.3. The number of carbonyl (C=O) groups is 2. The number of hydrogen-bond acceptors (Lipinski definition) is 10. The fourth-order valence-corrected chi connectivity index (χ4v) is 7.74. The number of unbranched alkanes of at least 4 members (excludes halogenated alkanes) is 26. The molecular formula is C50H93NO10. The predicted octanol–water partition coefficient (Wildman–Crippen LogP) is 9.83. The highest BCUT2D eigenvalue weighted by Crippen LogP contribution is 2.23. The number of nitrogens with one attached hydrogen (secondary N) is 1. The first-order valence-electron chi connectivity index (χ1n) is 25.1. The van der Waals surface area contributed by atoms with Crippen LogP contribution in [0.15, 0.2) is 24.3 Å². The van der Waals surface area contributed by atoms with E-state index in [1.54, 1.807) is 6.08 Å². The van der Waals surface area contributed by atoms with Gasteiger partial charge in [0.15, 0.2) is 6.29 Å². The van der Waals surface area contributed by atoms with Crippen LogP contribution in [0.25, 0.3) is 0 Å². The first kappa shape index (κ1) is 57.2.